The molecule has 2 fully saturated rings. The van der Waals surface area contributed by atoms with Crippen molar-refractivity contribution >= 4 is 0 Å². The summed E-state index contributed by atoms with van der Waals surface area (Å²) in [7, 11) is 0. The predicted octanol–water partition coefficient (Wildman–Crippen LogP) is 4.15. The molecule has 0 bridgehead atoms. The predicted molar refractivity (Wildman–Crippen MR) is 88.2 cm³/mol. The summed E-state index contributed by atoms with van der Waals surface area (Å²) in [4.78, 5) is 5.35. The fraction of sp³-hybridized carbons (Fsp3) is 1.00. The highest BCUT2D eigenvalue weighted by Crippen LogP contribution is 2.27. The molecule has 1 saturated heterocycles. The minimum absolute atomic E-state index is 0.707. The third-order valence-electron chi connectivity index (χ3n) is 5.49. The molecule has 2 nitrogen and oxygen atoms in total. The van der Waals surface area contributed by atoms with E-state index in [1.807, 2.05) is 0 Å². The molecule has 1 unspecified atom stereocenters. The Morgan fingerprint density at radius 3 is 2.40 bits per heavy atom. The number of hydrogen-bond acceptors (Lipinski definition) is 2. The maximum Gasteiger partial charge on any atom is 0.0198 e. The molecule has 0 amide bonds. The van der Waals surface area contributed by atoms with Crippen LogP contribution in [0, 0.1) is 5.92 Å². The highest BCUT2D eigenvalue weighted by atomic mass is 15.3. The van der Waals surface area contributed by atoms with Gasteiger partial charge in [-0.1, -0.05) is 44.9 Å². The molecule has 1 atom stereocenters. The van der Waals surface area contributed by atoms with Crippen molar-refractivity contribution in [3.05, 3.63) is 0 Å². The van der Waals surface area contributed by atoms with Crippen molar-refractivity contribution in [2.24, 2.45) is 5.92 Å². The molecule has 0 aromatic rings. The van der Waals surface area contributed by atoms with Crippen LogP contribution in [-0.4, -0.2) is 48.1 Å². The molecule has 1 heterocycles. The van der Waals surface area contributed by atoms with Crippen molar-refractivity contribution < 1.29 is 0 Å². The smallest absolute Gasteiger partial charge is 0.0198 e. The highest BCUT2D eigenvalue weighted by Gasteiger charge is 2.24. The zero-order valence-corrected chi connectivity index (χ0v) is 14.1. The minimum Gasteiger partial charge on any atom is -0.301 e. The molecular weight excluding hydrogens is 244 g/mol. The van der Waals surface area contributed by atoms with Crippen LogP contribution in [0.1, 0.15) is 72.1 Å². The first-order valence-corrected chi connectivity index (χ1v) is 9.15. The summed E-state index contributed by atoms with van der Waals surface area (Å²) in [6.45, 7) is 12.2. The number of unbranched alkanes of at least 4 members (excludes halogenated alkanes) is 1. The van der Waals surface area contributed by atoms with Gasteiger partial charge in [-0.15, -0.1) is 0 Å². The SMILES string of the molecule is CC(C)N1CCN(CCCCC2CCCCC2)CC1C. The lowest BCUT2D eigenvalue weighted by Gasteiger charge is -2.42. The fourth-order valence-corrected chi connectivity index (χ4v) is 4.26. The Balaban J connectivity index is 1.56. The Morgan fingerprint density at radius 2 is 1.75 bits per heavy atom. The normalized spacial score (nSPS) is 27.3. The Morgan fingerprint density at radius 1 is 1.00 bits per heavy atom. The minimum atomic E-state index is 0.707. The maximum atomic E-state index is 2.70. The van der Waals surface area contributed by atoms with Gasteiger partial charge >= 0.3 is 0 Å². The van der Waals surface area contributed by atoms with Crippen LogP contribution in [0.2, 0.25) is 0 Å². The molecular formula is C18H36N2. The van der Waals surface area contributed by atoms with Crippen LogP contribution in [0.25, 0.3) is 0 Å². The summed E-state index contributed by atoms with van der Waals surface area (Å²) >= 11 is 0. The molecule has 2 aliphatic rings. The van der Waals surface area contributed by atoms with E-state index < -0.39 is 0 Å². The number of nitrogens with zero attached hydrogens (tertiary/aromatic N) is 2. The summed E-state index contributed by atoms with van der Waals surface area (Å²) in [6.07, 6.45) is 11.9. The van der Waals surface area contributed by atoms with Crippen molar-refractivity contribution in [3.63, 3.8) is 0 Å². The molecule has 0 spiro atoms. The van der Waals surface area contributed by atoms with E-state index in [0.717, 1.165) is 12.0 Å². The Kier molecular flexibility index (Phi) is 6.83. The molecule has 20 heavy (non-hydrogen) atoms. The van der Waals surface area contributed by atoms with E-state index in [9.17, 15) is 0 Å². The summed E-state index contributed by atoms with van der Waals surface area (Å²) in [5, 5.41) is 0. The van der Waals surface area contributed by atoms with E-state index in [2.05, 4.69) is 30.6 Å². The second-order valence-corrected chi connectivity index (χ2v) is 7.48. The zero-order chi connectivity index (χ0) is 14.4. The largest absolute Gasteiger partial charge is 0.301 e. The van der Waals surface area contributed by atoms with Gasteiger partial charge in [0.1, 0.15) is 0 Å². The van der Waals surface area contributed by atoms with Gasteiger partial charge in [0.25, 0.3) is 0 Å². The molecule has 0 aromatic heterocycles. The van der Waals surface area contributed by atoms with Crippen molar-refractivity contribution in [2.75, 3.05) is 26.2 Å². The van der Waals surface area contributed by atoms with Gasteiger partial charge in [-0.05, 0) is 39.7 Å². The summed E-state index contributed by atoms with van der Waals surface area (Å²) < 4.78 is 0. The topological polar surface area (TPSA) is 6.48 Å². The second-order valence-electron chi connectivity index (χ2n) is 7.48. The molecule has 1 saturated carbocycles. The van der Waals surface area contributed by atoms with E-state index >= 15 is 0 Å². The second kappa shape index (κ2) is 8.38. The van der Waals surface area contributed by atoms with Gasteiger partial charge in [-0.3, -0.25) is 4.90 Å². The van der Waals surface area contributed by atoms with Gasteiger partial charge in [-0.2, -0.15) is 0 Å². The van der Waals surface area contributed by atoms with Crippen molar-refractivity contribution in [1.82, 2.24) is 9.80 Å². The first-order chi connectivity index (χ1) is 9.66. The summed E-state index contributed by atoms with van der Waals surface area (Å²) in [6, 6.07) is 1.44. The van der Waals surface area contributed by atoms with Crippen LogP contribution in [-0.2, 0) is 0 Å². The number of piperazine rings is 1. The monoisotopic (exact) mass is 280 g/mol. The Hall–Kier alpha value is -0.0800. The van der Waals surface area contributed by atoms with E-state index in [1.54, 1.807) is 0 Å². The van der Waals surface area contributed by atoms with Crippen molar-refractivity contribution in [3.8, 4) is 0 Å². The standard InChI is InChI=1S/C18H36N2/c1-16(2)20-14-13-19(15-17(20)3)12-8-7-11-18-9-5-4-6-10-18/h16-18H,4-15H2,1-3H3. The lowest BCUT2D eigenvalue weighted by atomic mass is 9.86. The van der Waals surface area contributed by atoms with Gasteiger partial charge in [0.05, 0.1) is 0 Å². The molecule has 2 rings (SSSR count). The van der Waals surface area contributed by atoms with Gasteiger partial charge in [0.2, 0.25) is 0 Å². The van der Waals surface area contributed by atoms with Crippen molar-refractivity contribution in [1.29, 1.82) is 0 Å². The highest BCUT2D eigenvalue weighted by molar-refractivity contribution is 4.81. The van der Waals surface area contributed by atoms with Crippen molar-refractivity contribution in [2.45, 2.75) is 84.2 Å². The molecule has 1 aliphatic carbocycles. The van der Waals surface area contributed by atoms with Crippen LogP contribution < -0.4 is 0 Å². The fourth-order valence-electron chi connectivity index (χ4n) is 4.26. The van der Waals surface area contributed by atoms with E-state index in [0.29, 0.717) is 6.04 Å². The van der Waals surface area contributed by atoms with Crippen LogP contribution in [0.5, 0.6) is 0 Å². The van der Waals surface area contributed by atoms with Gasteiger partial charge in [-0.25, -0.2) is 0 Å². The third-order valence-corrected chi connectivity index (χ3v) is 5.49. The van der Waals surface area contributed by atoms with E-state index in [-0.39, 0.29) is 0 Å². The molecule has 2 heteroatoms. The van der Waals surface area contributed by atoms with Crippen LogP contribution in [0.15, 0.2) is 0 Å². The average molecular weight is 280 g/mol. The van der Waals surface area contributed by atoms with Gasteiger partial charge in [0.15, 0.2) is 0 Å². The molecule has 1 aliphatic heterocycles. The van der Waals surface area contributed by atoms with Crippen LogP contribution >= 0.6 is 0 Å². The van der Waals surface area contributed by atoms with Crippen LogP contribution in [0.3, 0.4) is 0 Å². The molecule has 0 aromatic carbocycles. The Bertz CT molecular complexity index is 258. The third kappa shape index (κ3) is 5.04. The molecule has 0 radical (unpaired) electrons. The summed E-state index contributed by atoms with van der Waals surface area (Å²) in [5.74, 6) is 1.07. The lowest BCUT2D eigenvalue weighted by Crippen LogP contribution is -2.54. The van der Waals surface area contributed by atoms with Gasteiger partial charge < -0.3 is 4.90 Å². The maximum absolute atomic E-state index is 2.70. The quantitative estimate of drug-likeness (QED) is 0.674. The Labute approximate surface area is 126 Å². The zero-order valence-electron chi connectivity index (χ0n) is 14.1. The summed E-state index contributed by atoms with van der Waals surface area (Å²) in [5.41, 5.74) is 0. The molecule has 118 valence electrons. The average Bonchev–Trinajstić information content (AvgIpc) is 2.44. The van der Waals surface area contributed by atoms with E-state index in [1.165, 1.54) is 77.5 Å². The van der Waals surface area contributed by atoms with Crippen LogP contribution in [0.4, 0.5) is 0 Å². The van der Waals surface area contributed by atoms with E-state index in [4.69, 9.17) is 0 Å². The molecule has 0 N–H and O–H groups in total. The first kappa shape index (κ1) is 16.3. The number of rotatable bonds is 6. The first-order valence-electron chi connectivity index (χ1n) is 9.15. The lowest BCUT2D eigenvalue weighted by molar-refractivity contribution is 0.0592. The number of hydrogen-bond donors (Lipinski definition) is 0. The van der Waals surface area contributed by atoms with Gasteiger partial charge in [0, 0.05) is 31.7 Å².